The molecule has 0 radical (unpaired) electrons. The highest BCUT2D eigenvalue weighted by molar-refractivity contribution is 7.86. The third-order valence-electron chi connectivity index (χ3n) is 1.47. The number of hydrogen-bond acceptors (Lipinski definition) is 7. The molecule has 0 aliphatic heterocycles. The minimum Gasteiger partial charge on any atom is -0.273 e. The van der Waals surface area contributed by atoms with Gasteiger partial charge in [-0.3, -0.25) is 8.37 Å². The molecule has 7 nitrogen and oxygen atoms in total. The highest BCUT2D eigenvalue weighted by atomic mass is 32.3. The van der Waals surface area contributed by atoms with Crippen LogP contribution in [0.3, 0.4) is 0 Å². The van der Waals surface area contributed by atoms with Crippen LogP contribution < -0.4 is 0 Å². The largest absolute Gasteiger partial charge is 0.399 e. The summed E-state index contributed by atoms with van der Waals surface area (Å²) < 4.78 is 55.4. The SMILES string of the molecule is COS(=O)(=O)CCCCOS(=O)(=O)OC. The fourth-order valence-corrected chi connectivity index (χ4v) is 1.82. The monoisotopic (exact) mass is 262 g/mol. The van der Waals surface area contributed by atoms with Crippen molar-refractivity contribution in [2.24, 2.45) is 0 Å². The molecular formula is C6H14O7S2. The van der Waals surface area contributed by atoms with Crippen LogP contribution in [0.1, 0.15) is 12.8 Å². The molecule has 0 amide bonds. The zero-order valence-corrected chi connectivity index (χ0v) is 10.1. The molecule has 0 N–H and O–H groups in total. The maximum Gasteiger partial charge on any atom is 0.399 e. The summed E-state index contributed by atoms with van der Waals surface area (Å²) in [6, 6.07) is 0. The summed E-state index contributed by atoms with van der Waals surface area (Å²) >= 11 is 0. The lowest BCUT2D eigenvalue weighted by molar-refractivity contribution is 0.240. The van der Waals surface area contributed by atoms with Crippen molar-refractivity contribution in [1.29, 1.82) is 0 Å². The quantitative estimate of drug-likeness (QED) is 0.435. The van der Waals surface area contributed by atoms with Crippen LogP contribution in [0.2, 0.25) is 0 Å². The molecule has 0 saturated carbocycles. The minimum atomic E-state index is -3.92. The van der Waals surface area contributed by atoms with E-state index in [1.165, 1.54) is 0 Å². The second-order valence-corrected chi connectivity index (χ2v) is 5.77. The fraction of sp³-hybridized carbons (Fsp3) is 1.00. The highest BCUT2D eigenvalue weighted by Gasteiger charge is 2.10. The van der Waals surface area contributed by atoms with Gasteiger partial charge in [-0.25, -0.2) is 4.18 Å². The van der Waals surface area contributed by atoms with Crippen molar-refractivity contribution in [2.75, 3.05) is 26.6 Å². The van der Waals surface area contributed by atoms with Crippen molar-refractivity contribution in [2.45, 2.75) is 12.8 Å². The zero-order valence-electron chi connectivity index (χ0n) is 8.50. The van der Waals surface area contributed by atoms with Crippen LogP contribution in [0.4, 0.5) is 0 Å². The van der Waals surface area contributed by atoms with Gasteiger partial charge in [0.1, 0.15) is 0 Å². The molecule has 0 spiro atoms. The van der Waals surface area contributed by atoms with Crippen molar-refractivity contribution >= 4 is 20.5 Å². The number of rotatable bonds is 8. The molecule has 0 bridgehead atoms. The summed E-state index contributed by atoms with van der Waals surface area (Å²) in [6.45, 7) is -0.116. The van der Waals surface area contributed by atoms with Gasteiger partial charge in [0.2, 0.25) is 0 Å². The van der Waals surface area contributed by atoms with E-state index in [0.29, 0.717) is 0 Å². The first-order valence-electron chi connectivity index (χ1n) is 4.06. The molecular weight excluding hydrogens is 248 g/mol. The molecule has 0 aliphatic rings. The van der Waals surface area contributed by atoms with E-state index in [-0.39, 0.29) is 25.2 Å². The Morgan fingerprint density at radius 3 is 2.00 bits per heavy atom. The second-order valence-electron chi connectivity index (χ2n) is 2.53. The van der Waals surface area contributed by atoms with Gasteiger partial charge in [-0.2, -0.15) is 16.8 Å². The maximum absolute atomic E-state index is 10.8. The van der Waals surface area contributed by atoms with Crippen LogP contribution in [0.5, 0.6) is 0 Å². The van der Waals surface area contributed by atoms with Crippen LogP contribution in [0.15, 0.2) is 0 Å². The first-order valence-corrected chi connectivity index (χ1v) is 6.97. The lowest BCUT2D eigenvalue weighted by Gasteiger charge is -2.02. The van der Waals surface area contributed by atoms with Gasteiger partial charge in [0, 0.05) is 0 Å². The molecule has 0 aromatic heterocycles. The van der Waals surface area contributed by atoms with Gasteiger partial charge >= 0.3 is 10.4 Å². The van der Waals surface area contributed by atoms with Crippen LogP contribution in [0.25, 0.3) is 0 Å². The van der Waals surface area contributed by atoms with E-state index in [1.807, 2.05) is 0 Å². The predicted octanol–water partition coefficient (Wildman–Crippen LogP) is -0.349. The third-order valence-corrected chi connectivity index (χ3v) is 3.63. The molecule has 15 heavy (non-hydrogen) atoms. The van der Waals surface area contributed by atoms with Crippen LogP contribution in [-0.2, 0) is 33.1 Å². The molecule has 0 atom stereocenters. The van der Waals surface area contributed by atoms with Crippen molar-refractivity contribution in [3.8, 4) is 0 Å². The van der Waals surface area contributed by atoms with Crippen LogP contribution >= 0.6 is 0 Å². The van der Waals surface area contributed by atoms with E-state index in [2.05, 4.69) is 12.5 Å². The third kappa shape index (κ3) is 7.68. The summed E-state index contributed by atoms with van der Waals surface area (Å²) in [4.78, 5) is 0. The van der Waals surface area contributed by atoms with Crippen LogP contribution in [0, 0.1) is 0 Å². The molecule has 92 valence electrons. The molecule has 0 saturated heterocycles. The van der Waals surface area contributed by atoms with Crippen molar-refractivity contribution < 1.29 is 29.4 Å². The van der Waals surface area contributed by atoms with Gasteiger partial charge in [-0.1, -0.05) is 0 Å². The predicted molar refractivity (Wildman–Crippen MR) is 51.9 cm³/mol. The Morgan fingerprint density at radius 2 is 1.53 bits per heavy atom. The summed E-state index contributed by atoms with van der Waals surface area (Å²) in [5.74, 6) is -0.167. The summed E-state index contributed by atoms with van der Waals surface area (Å²) in [6.07, 6.45) is 0.542. The first-order chi connectivity index (χ1) is 6.83. The average molecular weight is 262 g/mol. The Morgan fingerprint density at radius 1 is 0.933 bits per heavy atom. The van der Waals surface area contributed by atoms with Crippen molar-refractivity contribution in [3.63, 3.8) is 0 Å². The van der Waals surface area contributed by atoms with E-state index in [9.17, 15) is 16.8 Å². The Bertz CT molecular complexity index is 319. The minimum absolute atomic E-state index is 0.116. The van der Waals surface area contributed by atoms with Crippen molar-refractivity contribution in [3.05, 3.63) is 0 Å². The Balaban J connectivity index is 3.66. The van der Waals surface area contributed by atoms with E-state index in [0.717, 1.165) is 14.2 Å². The number of unbranched alkanes of at least 4 members (excludes halogenated alkanes) is 1. The van der Waals surface area contributed by atoms with Gasteiger partial charge in [0.15, 0.2) is 0 Å². The topological polar surface area (TPSA) is 96.0 Å². The second kappa shape index (κ2) is 6.38. The normalized spacial score (nSPS) is 12.9. The van der Waals surface area contributed by atoms with E-state index in [4.69, 9.17) is 0 Å². The molecule has 0 aromatic rings. The van der Waals surface area contributed by atoms with Gasteiger partial charge in [0.25, 0.3) is 10.1 Å². The molecule has 0 aliphatic carbocycles. The fourth-order valence-electron chi connectivity index (χ4n) is 0.673. The Labute approximate surface area is 89.8 Å². The Hall–Kier alpha value is -0.220. The summed E-state index contributed by atoms with van der Waals surface area (Å²) in [5, 5.41) is 0. The lowest BCUT2D eigenvalue weighted by Crippen LogP contribution is -2.11. The maximum atomic E-state index is 10.8. The molecule has 0 heterocycles. The summed E-state index contributed by atoms with van der Waals surface area (Å²) in [7, 11) is -5.35. The van der Waals surface area contributed by atoms with Gasteiger partial charge in [-0.15, -0.1) is 0 Å². The molecule has 0 rings (SSSR count). The molecule has 0 fully saturated rings. The van der Waals surface area contributed by atoms with Gasteiger partial charge in [0.05, 0.1) is 26.6 Å². The van der Waals surface area contributed by atoms with Gasteiger partial charge in [-0.05, 0) is 12.8 Å². The molecule has 9 heteroatoms. The molecule has 0 unspecified atom stereocenters. The van der Waals surface area contributed by atoms with E-state index >= 15 is 0 Å². The average Bonchev–Trinajstić information content (AvgIpc) is 2.17. The summed E-state index contributed by atoms with van der Waals surface area (Å²) in [5.41, 5.74) is 0. The Kier molecular flexibility index (Phi) is 6.29. The smallest absolute Gasteiger partial charge is 0.273 e. The highest BCUT2D eigenvalue weighted by Crippen LogP contribution is 2.00. The zero-order chi connectivity index (χ0) is 11.9. The van der Waals surface area contributed by atoms with Crippen molar-refractivity contribution in [1.82, 2.24) is 0 Å². The standard InChI is InChI=1S/C6H14O7S2/c1-11-14(7,8)6-4-3-5-13-15(9,10)12-2/h3-6H2,1-2H3. The first kappa shape index (κ1) is 14.8. The van der Waals surface area contributed by atoms with E-state index in [1.54, 1.807) is 0 Å². The van der Waals surface area contributed by atoms with E-state index < -0.39 is 20.5 Å². The lowest BCUT2D eigenvalue weighted by atomic mass is 10.4. The number of hydrogen-bond donors (Lipinski definition) is 0. The molecule has 0 aromatic carbocycles. The van der Waals surface area contributed by atoms with Gasteiger partial charge < -0.3 is 0 Å². The van der Waals surface area contributed by atoms with Crippen LogP contribution in [-0.4, -0.2) is 43.4 Å².